The summed E-state index contributed by atoms with van der Waals surface area (Å²) in [5, 5.41) is 0. The molecule has 1 saturated heterocycles. The van der Waals surface area contributed by atoms with E-state index in [0.29, 0.717) is 19.0 Å². The SMILES string of the molecule is COC(=O)c1ccc(C(C)OC2COC2)o1. The number of hydrogen-bond donors (Lipinski definition) is 0. The first-order valence-electron chi connectivity index (χ1n) is 5.12. The Morgan fingerprint density at radius 3 is 2.81 bits per heavy atom. The van der Waals surface area contributed by atoms with Crippen molar-refractivity contribution >= 4 is 5.97 Å². The Morgan fingerprint density at radius 1 is 1.50 bits per heavy atom. The van der Waals surface area contributed by atoms with Crippen molar-refractivity contribution in [3.63, 3.8) is 0 Å². The van der Waals surface area contributed by atoms with E-state index in [1.807, 2.05) is 6.92 Å². The zero-order chi connectivity index (χ0) is 11.5. The van der Waals surface area contributed by atoms with E-state index in [9.17, 15) is 4.79 Å². The maximum Gasteiger partial charge on any atom is 0.373 e. The van der Waals surface area contributed by atoms with E-state index in [4.69, 9.17) is 13.9 Å². The van der Waals surface area contributed by atoms with Crippen molar-refractivity contribution in [3.8, 4) is 0 Å². The van der Waals surface area contributed by atoms with E-state index in [2.05, 4.69) is 4.74 Å². The second-order valence-electron chi connectivity index (χ2n) is 3.63. The molecule has 0 amide bonds. The number of hydrogen-bond acceptors (Lipinski definition) is 5. The van der Waals surface area contributed by atoms with Crippen molar-refractivity contribution in [2.45, 2.75) is 19.1 Å². The maximum atomic E-state index is 11.2. The standard InChI is InChI=1S/C11H14O5/c1-7(15-8-5-14-6-8)9-3-4-10(16-9)11(12)13-2/h3-4,7-8H,5-6H2,1-2H3. The van der Waals surface area contributed by atoms with E-state index >= 15 is 0 Å². The van der Waals surface area contributed by atoms with Gasteiger partial charge in [-0.15, -0.1) is 0 Å². The fraction of sp³-hybridized carbons (Fsp3) is 0.545. The molecule has 0 aliphatic carbocycles. The van der Waals surface area contributed by atoms with Gasteiger partial charge in [0.25, 0.3) is 0 Å². The summed E-state index contributed by atoms with van der Waals surface area (Å²) in [5.74, 6) is 0.329. The average Bonchev–Trinajstić information content (AvgIpc) is 2.71. The Kier molecular flexibility index (Phi) is 3.26. The molecule has 2 heterocycles. The van der Waals surface area contributed by atoms with E-state index in [1.165, 1.54) is 7.11 Å². The van der Waals surface area contributed by atoms with Crippen LogP contribution in [-0.4, -0.2) is 32.4 Å². The van der Waals surface area contributed by atoms with Crippen LogP contribution in [0.1, 0.15) is 29.3 Å². The molecule has 0 radical (unpaired) electrons. The number of carbonyl (C=O) groups excluding carboxylic acids is 1. The molecular weight excluding hydrogens is 212 g/mol. The quantitative estimate of drug-likeness (QED) is 0.729. The fourth-order valence-corrected chi connectivity index (χ4v) is 1.43. The highest BCUT2D eigenvalue weighted by Gasteiger charge is 2.24. The third kappa shape index (κ3) is 2.25. The molecule has 1 aromatic rings. The summed E-state index contributed by atoms with van der Waals surface area (Å²) in [7, 11) is 1.32. The maximum absolute atomic E-state index is 11.2. The summed E-state index contributed by atoms with van der Waals surface area (Å²) < 4.78 is 20.5. The van der Waals surface area contributed by atoms with Gasteiger partial charge in [0, 0.05) is 0 Å². The number of furan rings is 1. The van der Waals surface area contributed by atoms with Gasteiger partial charge >= 0.3 is 5.97 Å². The summed E-state index contributed by atoms with van der Waals surface area (Å²) in [6, 6.07) is 3.30. The molecule has 2 rings (SSSR count). The predicted octanol–water partition coefficient (Wildman–Crippen LogP) is 1.54. The highest BCUT2D eigenvalue weighted by molar-refractivity contribution is 5.86. The number of esters is 1. The van der Waals surface area contributed by atoms with Gasteiger partial charge in [-0.05, 0) is 19.1 Å². The lowest BCUT2D eigenvalue weighted by Gasteiger charge is -2.28. The van der Waals surface area contributed by atoms with Gasteiger partial charge in [0.2, 0.25) is 5.76 Å². The molecule has 5 heteroatoms. The van der Waals surface area contributed by atoms with Gasteiger partial charge < -0.3 is 18.6 Å². The number of rotatable bonds is 4. The Morgan fingerprint density at radius 2 is 2.25 bits per heavy atom. The Bertz CT molecular complexity index is 366. The topological polar surface area (TPSA) is 57.9 Å². The van der Waals surface area contributed by atoms with Gasteiger partial charge in [0.15, 0.2) is 0 Å². The van der Waals surface area contributed by atoms with Gasteiger partial charge in [0.1, 0.15) is 18.0 Å². The van der Waals surface area contributed by atoms with Crippen molar-refractivity contribution in [1.82, 2.24) is 0 Å². The highest BCUT2D eigenvalue weighted by Crippen LogP contribution is 2.23. The van der Waals surface area contributed by atoms with Crippen molar-refractivity contribution in [2.24, 2.45) is 0 Å². The Labute approximate surface area is 93.3 Å². The van der Waals surface area contributed by atoms with E-state index in [0.717, 1.165) is 0 Å². The largest absolute Gasteiger partial charge is 0.463 e. The third-order valence-corrected chi connectivity index (χ3v) is 2.42. The Balaban J connectivity index is 1.97. The highest BCUT2D eigenvalue weighted by atomic mass is 16.6. The van der Waals surface area contributed by atoms with Crippen LogP contribution in [0.2, 0.25) is 0 Å². The zero-order valence-electron chi connectivity index (χ0n) is 9.26. The lowest BCUT2D eigenvalue weighted by atomic mass is 10.2. The second-order valence-corrected chi connectivity index (χ2v) is 3.63. The van der Waals surface area contributed by atoms with Gasteiger partial charge in [-0.3, -0.25) is 0 Å². The van der Waals surface area contributed by atoms with Crippen LogP contribution in [0.3, 0.4) is 0 Å². The summed E-state index contributed by atoms with van der Waals surface area (Å²) in [5.41, 5.74) is 0. The zero-order valence-corrected chi connectivity index (χ0v) is 9.26. The molecule has 0 spiro atoms. The molecule has 1 aromatic heterocycles. The molecule has 0 N–H and O–H groups in total. The van der Waals surface area contributed by atoms with Crippen LogP contribution in [0, 0.1) is 0 Å². The smallest absolute Gasteiger partial charge is 0.373 e. The molecule has 0 bridgehead atoms. The van der Waals surface area contributed by atoms with Crippen molar-refractivity contribution in [1.29, 1.82) is 0 Å². The van der Waals surface area contributed by atoms with E-state index in [1.54, 1.807) is 12.1 Å². The summed E-state index contributed by atoms with van der Waals surface area (Å²) in [6.07, 6.45) is -0.0611. The van der Waals surface area contributed by atoms with Crippen LogP contribution in [0.5, 0.6) is 0 Å². The summed E-state index contributed by atoms with van der Waals surface area (Å²) in [6.45, 7) is 3.11. The predicted molar refractivity (Wildman–Crippen MR) is 54.2 cm³/mol. The molecule has 5 nitrogen and oxygen atoms in total. The van der Waals surface area contributed by atoms with E-state index < -0.39 is 5.97 Å². The number of methoxy groups -OCH3 is 1. The average molecular weight is 226 g/mol. The monoisotopic (exact) mass is 226 g/mol. The fourth-order valence-electron chi connectivity index (χ4n) is 1.43. The Hall–Kier alpha value is -1.33. The van der Waals surface area contributed by atoms with Gasteiger partial charge in [-0.2, -0.15) is 0 Å². The molecule has 0 saturated carbocycles. The molecular formula is C11H14O5. The van der Waals surface area contributed by atoms with Crippen LogP contribution in [0.25, 0.3) is 0 Å². The lowest BCUT2D eigenvalue weighted by Crippen LogP contribution is -2.36. The van der Waals surface area contributed by atoms with Gasteiger partial charge in [-0.1, -0.05) is 0 Å². The van der Waals surface area contributed by atoms with Crippen molar-refractivity contribution in [2.75, 3.05) is 20.3 Å². The molecule has 0 aromatic carbocycles. The molecule has 16 heavy (non-hydrogen) atoms. The van der Waals surface area contributed by atoms with Gasteiger partial charge in [0.05, 0.1) is 20.3 Å². The van der Waals surface area contributed by atoms with Crippen molar-refractivity contribution in [3.05, 3.63) is 23.7 Å². The van der Waals surface area contributed by atoms with Crippen molar-refractivity contribution < 1.29 is 23.4 Å². The molecule has 1 atom stereocenters. The summed E-state index contributed by atoms with van der Waals surface area (Å²) >= 11 is 0. The first kappa shape index (κ1) is 11.2. The number of carbonyl (C=O) groups is 1. The second kappa shape index (κ2) is 4.67. The summed E-state index contributed by atoms with van der Waals surface area (Å²) in [4.78, 5) is 11.2. The number of ether oxygens (including phenoxy) is 3. The first-order valence-corrected chi connectivity index (χ1v) is 5.12. The lowest BCUT2D eigenvalue weighted by molar-refractivity contribution is -0.155. The molecule has 88 valence electrons. The minimum absolute atomic E-state index is 0.127. The van der Waals surface area contributed by atoms with E-state index in [-0.39, 0.29) is 18.0 Å². The van der Waals surface area contributed by atoms with Crippen LogP contribution >= 0.6 is 0 Å². The van der Waals surface area contributed by atoms with Crippen LogP contribution in [0.4, 0.5) is 0 Å². The van der Waals surface area contributed by atoms with Crippen LogP contribution in [-0.2, 0) is 14.2 Å². The minimum Gasteiger partial charge on any atom is -0.463 e. The molecule has 1 unspecified atom stereocenters. The first-order chi connectivity index (χ1) is 7.70. The molecule has 1 aliphatic heterocycles. The third-order valence-electron chi connectivity index (χ3n) is 2.42. The van der Waals surface area contributed by atoms with Crippen LogP contribution in [0.15, 0.2) is 16.5 Å². The molecule has 1 fully saturated rings. The van der Waals surface area contributed by atoms with Crippen LogP contribution < -0.4 is 0 Å². The molecule has 1 aliphatic rings. The normalized spacial score (nSPS) is 17.9. The van der Waals surface area contributed by atoms with Gasteiger partial charge in [-0.25, -0.2) is 4.79 Å². The minimum atomic E-state index is -0.481.